The zero-order valence-corrected chi connectivity index (χ0v) is 11.3. The number of rotatable bonds is 6. The molecule has 1 N–H and O–H groups in total. The van der Waals surface area contributed by atoms with Crippen LogP contribution < -0.4 is 10.1 Å². The average molecular weight is 275 g/mol. The molecule has 0 atom stereocenters. The highest BCUT2D eigenvalue weighted by molar-refractivity contribution is 5.72. The smallest absolute Gasteiger partial charge is 0.410 e. The summed E-state index contributed by atoms with van der Waals surface area (Å²) in [5.41, 5.74) is 0.854. The van der Waals surface area contributed by atoms with Crippen molar-refractivity contribution in [3.05, 3.63) is 48.7 Å². The summed E-state index contributed by atoms with van der Waals surface area (Å²) in [6.45, 7) is 3.54. The third-order valence-electron chi connectivity index (χ3n) is 2.33. The molecule has 0 bridgehead atoms. The van der Waals surface area contributed by atoms with E-state index in [9.17, 15) is 9.59 Å². The molecule has 0 aliphatic heterocycles. The first-order valence-electron chi connectivity index (χ1n) is 6.08. The molecule has 0 radical (unpaired) electrons. The van der Waals surface area contributed by atoms with Crippen molar-refractivity contribution in [2.75, 3.05) is 7.11 Å². The lowest BCUT2D eigenvalue weighted by molar-refractivity contribution is -0.134. The number of ether oxygens (including phenoxy) is 2. The Bertz CT molecular complexity index is 491. The summed E-state index contributed by atoms with van der Waals surface area (Å²) < 4.78 is 9.55. The van der Waals surface area contributed by atoms with Crippen molar-refractivity contribution in [2.24, 2.45) is 0 Å². The van der Waals surface area contributed by atoms with Crippen molar-refractivity contribution in [2.45, 2.75) is 12.8 Å². The number of methoxy groups -OCH3 is 1. The van der Waals surface area contributed by atoms with E-state index in [1.165, 1.54) is 13.3 Å². The van der Waals surface area contributed by atoms with Gasteiger partial charge in [0.25, 0.3) is 0 Å². The summed E-state index contributed by atoms with van der Waals surface area (Å²) in [5.74, 6) is 0.192. The van der Waals surface area contributed by atoms with Gasteiger partial charge in [0.1, 0.15) is 5.75 Å². The summed E-state index contributed by atoms with van der Waals surface area (Å²) in [4.78, 5) is 22.2. The minimum atomic E-state index is -0.533. The number of carbonyl (C=O) groups excluding carboxylic acids is 2. The highest BCUT2D eigenvalue weighted by Gasteiger charge is 2.02. The molecule has 0 saturated heterocycles. The van der Waals surface area contributed by atoms with E-state index in [2.05, 4.69) is 16.6 Å². The second-order valence-corrected chi connectivity index (χ2v) is 3.84. The number of hydrogen-bond donors (Lipinski definition) is 1. The predicted octanol–water partition coefficient (Wildman–Crippen LogP) is 2.88. The minimum Gasteiger partial charge on any atom is -0.453 e. The van der Waals surface area contributed by atoms with Gasteiger partial charge in [-0.25, -0.2) is 4.79 Å². The maximum absolute atomic E-state index is 11.4. The van der Waals surface area contributed by atoms with E-state index >= 15 is 0 Å². The molecular formula is C15H17NO4. The maximum Gasteiger partial charge on any atom is 0.410 e. The Morgan fingerprint density at radius 3 is 2.60 bits per heavy atom. The Morgan fingerprint density at radius 1 is 1.30 bits per heavy atom. The van der Waals surface area contributed by atoms with E-state index in [1.54, 1.807) is 36.4 Å². The average Bonchev–Trinajstić information content (AvgIpc) is 2.46. The minimum absolute atomic E-state index is 0.291. The Labute approximate surface area is 117 Å². The van der Waals surface area contributed by atoms with Crippen molar-refractivity contribution >= 4 is 18.1 Å². The van der Waals surface area contributed by atoms with E-state index in [-0.39, 0.29) is 5.97 Å². The van der Waals surface area contributed by atoms with Crippen molar-refractivity contribution < 1.29 is 19.1 Å². The van der Waals surface area contributed by atoms with Gasteiger partial charge in [0.15, 0.2) is 0 Å². The topological polar surface area (TPSA) is 64.6 Å². The maximum atomic E-state index is 11.4. The highest BCUT2D eigenvalue weighted by Crippen LogP contribution is 2.14. The number of hydrogen-bond acceptors (Lipinski definition) is 4. The molecule has 106 valence electrons. The zero-order chi connectivity index (χ0) is 14.8. The zero-order valence-electron chi connectivity index (χ0n) is 11.3. The third-order valence-corrected chi connectivity index (χ3v) is 2.33. The molecule has 0 saturated carbocycles. The lowest BCUT2D eigenvalue weighted by Crippen LogP contribution is -2.15. The van der Waals surface area contributed by atoms with Crippen molar-refractivity contribution in [3.63, 3.8) is 0 Å². The van der Waals surface area contributed by atoms with E-state index in [0.29, 0.717) is 18.6 Å². The molecule has 0 aromatic heterocycles. The van der Waals surface area contributed by atoms with Gasteiger partial charge in [0, 0.05) is 12.6 Å². The Balaban J connectivity index is 2.49. The number of alkyl carbamates (subject to hydrolysis) is 1. The van der Waals surface area contributed by atoms with Gasteiger partial charge in [-0.15, -0.1) is 6.58 Å². The van der Waals surface area contributed by atoms with Crippen LogP contribution in [0, 0.1) is 0 Å². The third kappa shape index (κ3) is 5.86. The number of benzene rings is 1. The summed E-state index contributed by atoms with van der Waals surface area (Å²) in [5, 5.41) is 2.41. The Morgan fingerprint density at radius 2 is 2.00 bits per heavy atom. The first-order valence-corrected chi connectivity index (χ1v) is 6.08. The van der Waals surface area contributed by atoms with Crippen LogP contribution in [0.25, 0.3) is 6.08 Å². The molecular weight excluding hydrogens is 258 g/mol. The summed E-state index contributed by atoms with van der Waals surface area (Å²) in [7, 11) is 1.29. The van der Waals surface area contributed by atoms with Crippen LogP contribution >= 0.6 is 0 Å². The van der Waals surface area contributed by atoms with Crippen LogP contribution in [0.5, 0.6) is 5.75 Å². The molecule has 0 fully saturated rings. The summed E-state index contributed by atoms with van der Waals surface area (Å²) in [6, 6.07) is 6.91. The van der Waals surface area contributed by atoms with Gasteiger partial charge in [-0.05, 0) is 30.2 Å². The lowest BCUT2D eigenvalue weighted by Gasteiger charge is -2.03. The van der Waals surface area contributed by atoms with Crippen LogP contribution in [-0.4, -0.2) is 19.2 Å². The fourth-order valence-electron chi connectivity index (χ4n) is 1.31. The van der Waals surface area contributed by atoms with Crippen LogP contribution in [0.2, 0.25) is 0 Å². The second-order valence-electron chi connectivity index (χ2n) is 3.84. The largest absolute Gasteiger partial charge is 0.453 e. The fraction of sp³-hybridized carbons (Fsp3) is 0.200. The van der Waals surface area contributed by atoms with Crippen LogP contribution in [0.4, 0.5) is 4.79 Å². The molecule has 5 nitrogen and oxygen atoms in total. The van der Waals surface area contributed by atoms with Crippen molar-refractivity contribution in [3.8, 4) is 5.75 Å². The standard InChI is InChI=1S/C15H17NO4/c1-3-4-5-14(17)20-13-8-6-12(7-9-13)10-11-16-15(18)19-2/h3,6-11H,1,4-5H2,2H3,(H,16,18). The van der Waals surface area contributed by atoms with Gasteiger partial charge in [0.05, 0.1) is 7.11 Å². The molecule has 1 aromatic rings. The van der Waals surface area contributed by atoms with Crippen LogP contribution in [0.3, 0.4) is 0 Å². The molecule has 20 heavy (non-hydrogen) atoms. The second kappa shape index (κ2) is 8.53. The molecule has 0 heterocycles. The normalized spacial score (nSPS) is 10.1. The number of allylic oxidation sites excluding steroid dienone is 1. The molecule has 0 unspecified atom stereocenters. The number of nitrogens with one attached hydrogen (secondary N) is 1. The number of amides is 1. The molecule has 1 aromatic carbocycles. The highest BCUT2D eigenvalue weighted by atomic mass is 16.5. The first kappa shape index (κ1) is 15.5. The first-order chi connectivity index (χ1) is 9.65. The Kier molecular flexibility index (Phi) is 6.61. The van der Waals surface area contributed by atoms with Crippen LogP contribution in [0.1, 0.15) is 18.4 Å². The van der Waals surface area contributed by atoms with E-state index in [4.69, 9.17) is 4.74 Å². The fourth-order valence-corrected chi connectivity index (χ4v) is 1.31. The summed E-state index contributed by atoms with van der Waals surface area (Å²) in [6.07, 6.45) is 5.21. The molecule has 1 amide bonds. The van der Waals surface area contributed by atoms with E-state index in [1.807, 2.05) is 0 Å². The summed E-state index contributed by atoms with van der Waals surface area (Å²) >= 11 is 0. The van der Waals surface area contributed by atoms with Gasteiger partial charge >= 0.3 is 12.1 Å². The quantitative estimate of drug-likeness (QED) is 0.492. The van der Waals surface area contributed by atoms with Gasteiger partial charge in [0.2, 0.25) is 0 Å². The van der Waals surface area contributed by atoms with Crippen molar-refractivity contribution in [1.82, 2.24) is 5.32 Å². The van der Waals surface area contributed by atoms with Crippen molar-refractivity contribution in [1.29, 1.82) is 0 Å². The predicted molar refractivity (Wildman–Crippen MR) is 76.1 cm³/mol. The SMILES string of the molecule is C=CCCC(=O)Oc1ccc(C=CNC(=O)OC)cc1. The Hall–Kier alpha value is -2.56. The van der Waals surface area contributed by atoms with Crippen LogP contribution in [-0.2, 0) is 9.53 Å². The molecule has 0 spiro atoms. The van der Waals surface area contributed by atoms with Gasteiger partial charge in [-0.1, -0.05) is 18.2 Å². The molecule has 0 aliphatic carbocycles. The molecule has 1 rings (SSSR count). The monoisotopic (exact) mass is 275 g/mol. The van der Waals surface area contributed by atoms with Gasteiger partial charge < -0.3 is 9.47 Å². The van der Waals surface area contributed by atoms with Gasteiger partial charge in [-0.3, -0.25) is 10.1 Å². The van der Waals surface area contributed by atoms with E-state index in [0.717, 1.165) is 5.56 Å². The number of carbonyl (C=O) groups is 2. The number of esters is 1. The molecule has 5 heteroatoms. The lowest BCUT2D eigenvalue weighted by atomic mass is 10.2. The van der Waals surface area contributed by atoms with Crippen LogP contribution in [0.15, 0.2) is 43.1 Å². The van der Waals surface area contributed by atoms with E-state index < -0.39 is 6.09 Å². The molecule has 0 aliphatic rings. The van der Waals surface area contributed by atoms with Gasteiger partial charge in [-0.2, -0.15) is 0 Å².